The van der Waals surface area contributed by atoms with E-state index in [1.54, 1.807) is 0 Å². The van der Waals surface area contributed by atoms with Gasteiger partial charge in [-0.2, -0.15) is 26.3 Å². The molecule has 0 unspecified atom stereocenters. The predicted octanol–water partition coefficient (Wildman–Crippen LogP) is 5.28. The molecule has 16 heteroatoms. The highest BCUT2D eigenvalue weighted by atomic mass is 32.3. The molecule has 0 amide bonds. The second-order valence-electron chi connectivity index (χ2n) is 7.55. The molecule has 2 aromatic heterocycles. The Hall–Kier alpha value is -2.20. The summed E-state index contributed by atoms with van der Waals surface area (Å²) in [6.45, 7) is 6.66. The molecule has 2 aromatic rings. The van der Waals surface area contributed by atoms with E-state index in [1.165, 1.54) is 44.3 Å². The maximum absolute atomic E-state index is 11.4. The van der Waals surface area contributed by atoms with Crippen molar-refractivity contribution in [3.8, 4) is 11.5 Å². The molecule has 8 nitrogen and oxygen atoms in total. The van der Waals surface area contributed by atoms with Crippen LogP contribution in [0.4, 0.5) is 26.3 Å². The monoisotopic (exact) mass is 566 g/mol. The van der Waals surface area contributed by atoms with Gasteiger partial charge in [-0.15, -0.1) is 0 Å². The third kappa shape index (κ3) is 9.35. The minimum atomic E-state index is -6.72. The number of hydrogen-bond donors (Lipinski definition) is 0. The summed E-state index contributed by atoms with van der Waals surface area (Å²) in [6, 6.07) is 6.16. The number of imidazole rings is 1. The minimum Gasteiger partial charge on any atom is -0.421 e. The fourth-order valence-corrected chi connectivity index (χ4v) is 4.58. The third-order valence-electron chi connectivity index (χ3n) is 4.65. The molecule has 0 aliphatic heterocycles. The number of aromatic nitrogens is 3. The van der Waals surface area contributed by atoms with Crippen LogP contribution < -0.4 is 4.57 Å². The van der Waals surface area contributed by atoms with E-state index in [0.717, 1.165) is 22.9 Å². The average Bonchev–Trinajstić information content (AvgIpc) is 3.16. The van der Waals surface area contributed by atoms with Crippen molar-refractivity contribution in [2.45, 2.75) is 76.5 Å². The van der Waals surface area contributed by atoms with E-state index in [0.29, 0.717) is 0 Å². The summed E-state index contributed by atoms with van der Waals surface area (Å²) in [5.74, 6) is 1.25. The van der Waals surface area contributed by atoms with E-state index in [1.807, 2.05) is 12.3 Å². The predicted molar refractivity (Wildman–Crippen MR) is 120 cm³/mol. The first kappa shape index (κ1) is 31.8. The summed E-state index contributed by atoms with van der Waals surface area (Å²) >= 11 is 0. The Morgan fingerprint density at radius 2 is 1.47 bits per heavy atom. The first-order valence-electron chi connectivity index (χ1n) is 10.9. The lowest BCUT2D eigenvalue weighted by Gasteiger charge is -2.22. The molecule has 2 rings (SSSR count). The van der Waals surface area contributed by atoms with Crippen molar-refractivity contribution in [1.82, 2.24) is 9.55 Å². The summed E-state index contributed by atoms with van der Waals surface area (Å²) in [7, 11) is -13.4. The Bertz CT molecular complexity index is 1110. The molecular weight excluding hydrogens is 538 g/mol. The van der Waals surface area contributed by atoms with Gasteiger partial charge in [0.15, 0.2) is 25.7 Å². The van der Waals surface area contributed by atoms with Crippen molar-refractivity contribution in [3.05, 3.63) is 40.9 Å². The Labute approximate surface area is 206 Å². The van der Waals surface area contributed by atoms with Crippen LogP contribution in [0.15, 0.2) is 36.8 Å². The van der Waals surface area contributed by atoms with Gasteiger partial charge < -0.3 is 4.13 Å². The van der Waals surface area contributed by atoms with Crippen LogP contribution in [-0.2, 0) is 33.1 Å². The van der Waals surface area contributed by atoms with E-state index < -0.39 is 31.1 Å². The molecule has 0 aliphatic rings. The zero-order valence-electron chi connectivity index (χ0n) is 19.6. The number of aryl methyl sites for hydroxylation is 2. The van der Waals surface area contributed by atoms with Crippen molar-refractivity contribution < 1.29 is 47.7 Å². The molecule has 0 radical (unpaired) electrons. The van der Waals surface area contributed by atoms with E-state index in [-0.39, 0.29) is 0 Å². The van der Waals surface area contributed by atoms with Crippen molar-refractivity contribution >= 4 is 20.0 Å². The van der Waals surface area contributed by atoms with Crippen molar-refractivity contribution in [1.29, 1.82) is 0 Å². The van der Waals surface area contributed by atoms with Crippen LogP contribution in [0.1, 0.15) is 52.4 Å². The number of hydrogen-bond acceptors (Lipinski definition) is 5. The van der Waals surface area contributed by atoms with Crippen molar-refractivity contribution in [2.75, 3.05) is 0 Å². The fraction of sp³-hybridized carbons (Fsp3) is 0.600. The van der Waals surface area contributed by atoms with Crippen LogP contribution in [0.25, 0.3) is 15.6 Å². The molecule has 0 atom stereocenters. The average molecular weight is 567 g/mol. The zero-order valence-corrected chi connectivity index (χ0v) is 21.3. The fourth-order valence-electron chi connectivity index (χ4n) is 2.87. The smallest absolute Gasteiger partial charge is 0.421 e. The van der Waals surface area contributed by atoms with Gasteiger partial charge in [0.05, 0.1) is 13.1 Å². The Morgan fingerprint density at radius 3 is 1.94 bits per heavy atom. The van der Waals surface area contributed by atoms with Crippen LogP contribution >= 0.6 is 0 Å². The molecule has 0 saturated carbocycles. The van der Waals surface area contributed by atoms with E-state index in [2.05, 4.69) is 52.5 Å². The zero-order chi connectivity index (χ0) is 27.6. The van der Waals surface area contributed by atoms with E-state index in [4.69, 9.17) is 0 Å². The van der Waals surface area contributed by atoms with Crippen LogP contribution in [0.2, 0.25) is 0 Å². The van der Waals surface area contributed by atoms with Gasteiger partial charge in [-0.3, -0.25) is 0 Å². The SMILES string of the molecule is CCCCCC[n+]1ccn(CCCC)c1-c1ccccn1.O=S(=O)([N-]S(=O)(=O)C(F)(F)F)C(F)(F)F. The molecule has 2 heterocycles. The van der Waals surface area contributed by atoms with Gasteiger partial charge in [0, 0.05) is 6.20 Å². The number of rotatable bonds is 11. The molecule has 0 saturated heterocycles. The molecule has 36 heavy (non-hydrogen) atoms. The van der Waals surface area contributed by atoms with Gasteiger partial charge in [0.1, 0.15) is 12.4 Å². The van der Waals surface area contributed by atoms with Gasteiger partial charge in [0.2, 0.25) is 0 Å². The number of unbranched alkanes of at least 4 members (excludes halogenated alkanes) is 4. The Kier molecular flexibility index (Phi) is 11.8. The normalized spacial score (nSPS) is 12.8. The second kappa shape index (κ2) is 13.4. The number of alkyl halides is 6. The maximum atomic E-state index is 11.4. The molecule has 0 aliphatic carbocycles. The molecule has 0 bridgehead atoms. The summed E-state index contributed by atoms with van der Waals surface area (Å²) < 4.78 is 114. The van der Waals surface area contributed by atoms with E-state index in [9.17, 15) is 43.2 Å². The largest absolute Gasteiger partial charge is 0.480 e. The third-order valence-corrected chi connectivity index (χ3v) is 7.39. The van der Waals surface area contributed by atoms with E-state index >= 15 is 0 Å². The summed E-state index contributed by atoms with van der Waals surface area (Å²) in [6.07, 6.45) is 13.9. The number of nitrogens with zero attached hydrogens (tertiary/aromatic N) is 4. The minimum absolute atomic E-state index is 0.778. The van der Waals surface area contributed by atoms with Gasteiger partial charge in [0.25, 0.3) is 0 Å². The maximum Gasteiger partial charge on any atom is 0.480 e. The first-order valence-corrected chi connectivity index (χ1v) is 13.8. The number of halogens is 6. The first-order chi connectivity index (χ1) is 16.6. The Balaban J connectivity index is 0.000000384. The van der Waals surface area contributed by atoms with Crippen molar-refractivity contribution in [3.63, 3.8) is 0 Å². The highest BCUT2D eigenvalue weighted by Gasteiger charge is 2.46. The summed E-state index contributed by atoms with van der Waals surface area (Å²) in [5.41, 5.74) is -11.3. The lowest BCUT2D eigenvalue weighted by Crippen LogP contribution is -2.35. The second-order valence-corrected chi connectivity index (χ2v) is 11.0. The molecule has 206 valence electrons. The van der Waals surface area contributed by atoms with Crippen LogP contribution in [-0.4, -0.2) is 37.4 Å². The van der Waals surface area contributed by atoms with Crippen molar-refractivity contribution in [2.24, 2.45) is 0 Å². The van der Waals surface area contributed by atoms with Crippen LogP contribution in [0, 0.1) is 0 Å². The number of sulfonamides is 2. The lowest BCUT2D eigenvalue weighted by molar-refractivity contribution is -0.686. The van der Waals surface area contributed by atoms with Gasteiger partial charge in [-0.25, -0.2) is 31.0 Å². The Morgan fingerprint density at radius 1 is 0.889 bits per heavy atom. The highest BCUT2D eigenvalue weighted by Crippen LogP contribution is 2.36. The van der Waals surface area contributed by atoms with Gasteiger partial charge >= 0.3 is 16.8 Å². The van der Waals surface area contributed by atoms with Crippen LogP contribution in [0.3, 0.4) is 0 Å². The molecule has 0 N–H and O–H groups in total. The number of pyridine rings is 1. The molecule has 0 fully saturated rings. The molecular formula is C20H28F6N4O4S2. The summed E-state index contributed by atoms with van der Waals surface area (Å²) in [4.78, 5) is 4.55. The quantitative estimate of drug-likeness (QED) is 0.209. The van der Waals surface area contributed by atoms with Gasteiger partial charge in [-0.1, -0.05) is 39.2 Å². The van der Waals surface area contributed by atoms with Crippen LogP contribution in [0.5, 0.6) is 0 Å². The lowest BCUT2D eigenvalue weighted by atomic mass is 10.2. The standard InChI is InChI=1S/C18H28N3.C2F6NO4S2/c1-3-5-7-10-14-21-16-15-20(13-6-4-2)18(21)17-11-8-9-12-19-17;3-1(4,5)14(10,11)9-15(12,13)2(6,7)8/h8-9,11-12,15-16H,3-7,10,13-14H2,1-2H3;/q+1;-1. The molecule has 0 aromatic carbocycles. The molecule has 0 spiro atoms. The van der Waals surface area contributed by atoms with Gasteiger partial charge in [-0.05, 0) is 31.4 Å². The topological polar surface area (TPSA) is 104 Å². The summed E-state index contributed by atoms with van der Waals surface area (Å²) in [5, 5.41) is 0. The highest BCUT2D eigenvalue weighted by molar-refractivity contribution is 8.13.